The molecule has 2 aliphatic carbocycles. The van der Waals surface area contributed by atoms with E-state index in [2.05, 4.69) is 39.1 Å². The first-order valence-corrected chi connectivity index (χ1v) is 9.70. The number of hydrogen-bond acceptors (Lipinski definition) is 6. The first-order chi connectivity index (χ1) is 12.3. The lowest BCUT2D eigenvalue weighted by atomic mass is 10.3. The highest BCUT2D eigenvalue weighted by Gasteiger charge is 2.37. The van der Waals surface area contributed by atoms with Crippen molar-refractivity contribution in [1.82, 2.24) is 15.2 Å². The standard InChI is InChI=1S/C19H20N4OS/c1-12-10-15(12)17-8-7-14(24-17)11-23(13-5-6-13)19-22-21-18(25-19)16-4-2-3-9-20-16/h2-4,7-9,12-13,15H,5-6,10-11H2,1H3. The van der Waals surface area contributed by atoms with Gasteiger partial charge in [0.1, 0.15) is 17.2 Å². The molecule has 5 rings (SSSR count). The molecular formula is C19H20N4OS. The Kier molecular flexibility index (Phi) is 3.59. The molecule has 3 aromatic heterocycles. The lowest BCUT2D eigenvalue weighted by Crippen LogP contribution is -2.24. The van der Waals surface area contributed by atoms with Crippen LogP contribution < -0.4 is 4.90 Å². The van der Waals surface area contributed by atoms with Gasteiger partial charge in [-0.2, -0.15) is 0 Å². The van der Waals surface area contributed by atoms with Crippen molar-refractivity contribution in [2.24, 2.45) is 5.92 Å². The first kappa shape index (κ1) is 15.1. The van der Waals surface area contributed by atoms with Gasteiger partial charge >= 0.3 is 0 Å². The summed E-state index contributed by atoms with van der Waals surface area (Å²) < 4.78 is 6.10. The van der Waals surface area contributed by atoms with Crippen LogP contribution in [0.25, 0.3) is 10.7 Å². The summed E-state index contributed by atoms with van der Waals surface area (Å²) >= 11 is 1.61. The summed E-state index contributed by atoms with van der Waals surface area (Å²) in [5.74, 6) is 3.56. The van der Waals surface area contributed by atoms with E-state index in [0.29, 0.717) is 12.0 Å². The maximum atomic E-state index is 6.10. The fourth-order valence-corrected chi connectivity index (χ4v) is 4.12. The topological polar surface area (TPSA) is 55.1 Å². The van der Waals surface area contributed by atoms with Crippen LogP contribution in [-0.4, -0.2) is 21.2 Å². The summed E-state index contributed by atoms with van der Waals surface area (Å²) in [7, 11) is 0. The molecule has 0 bridgehead atoms. The van der Waals surface area contributed by atoms with Crippen molar-refractivity contribution in [2.75, 3.05) is 4.90 Å². The van der Waals surface area contributed by atoms with Gasteiger partial charge in [0.2, 0.25) is 5.13 Å². The minimum absolute atomic E-state index is 0.554. The Morgan fingerprint density at radius 1 is 1.20 bits per heavy atom. The molecule has 2 atom stereocenters. The third-order valence-electron chi connectivity index (χ3n) is 5.02. The van der Waals surface area contributed by atoms with E-state index in [-0.39, 0.29) is 0 Å². The van der Waals surface area contributed by atoms with Gasteiger partial charge in [-0.1, -0.05) is 24.3 Å². The fourth-order valence-electron chi connectivity index (χ4n) is 3.23. The molecule has 0 saturated heterocycles. The van der Waals surface area contributed by atoms with Crippen molar-refractivity contribution < 1.29 is 4.42 Å². The maximum absolute atomic E-state index is 6.10. The second-order valence-electron chi connectivity index (χ2n) is 7.09. The quantitative estimate of drug-likeness (QED) is 0.654. The van der Waals surface area contributed by atoms with Crippen LogP contribution in [0, 0.1) is 5.92 Å². The van der Waals surface area contributed by atoms with E-state index in [0.717, 1.165) is 39.8 Å². The smallest absolute Gasteiger partial charge is 0.209 e. The number of nitrogens with zero attached hydrogens (tertiary/aromatic N) is 4. The Hall–Kier alpha value is -2.21. The number of rotatable bonds is 6. The molecule has 0 amide bonds. The van der Waals surface area contributed by atoms with Crippen molar-refractivity contribution in [3.8, 4) is 10.7 Å². The molecule has 25 heavy (non-hydrogen) atoms. The fraction of sp³-hybridized carbons (Fsp3) is 0.421. The summed E-state index contributed by atoms with van der Waals surface area (Å²) in [4.78, 5) is 6.71. The molecule has 2 unspecified atom stereocenters. The largest absolute Gasteiger partial charge is 0.464 e. The summed E-state index contributed by atoms with van der Waals surface area (Å²) in [6.45, 7) is 3.05. The lowest BCUT2D eigenvalue weighted by molar-refractivity contribution is 0.456. The van der Waals surface area contributed by atoms with E-state index in [4.69, 9.17) is 4.42 Å². The Morgan fingerprint density at radius 2 is 2.08 bits per heavy atom. The van der Waals surface area contributed by atoms with Gasteiger partial charge in [-0.3, -0.25) is 4.98 Å². The van der Waals surface area contributed by atoms with Crippen molar-refractivity contribution in [3.63, 3.8) is 0 Å². The Balaban J connectivity index is 1.36. The van der Waals surface area contributed by atoms with Crippen LogP contribution in [0.3, 0.4) is 0 Å². The number of anilines is 1. The van der Waals surface area contributed by atoms with Crippen molar-refractivity contribution in [1.29, 1.82) is 0 Å². The highest BCUT2D eigenvalue weighted by Crippen LogP contribution is 2.47. The van der Waals surface area contributed by atoms with Gasteiger partial charge in [0.15, 0.2) is 5.01 Å². The molecule has 6 heteroatoms. The molecule has 0 N–H and O–H groups in total. The van der Waals surface area contributed by atoms with Gasteiger partial charge in [-0.15, -0.1) is 10.2 Å². The molecule has 128 valence electrons. The van der Waals surface area contributed by atoms with Gasteiger partial charge in [0.05, 0.1) is 6.54 Å². The molecule has 0 aromatic carbocycles. The molecule has 0 aliphatic heterocycles. The molecule has 3 heterocycles. The molecule has 2 saturated carbocycles. The second kappa shape index (κ2) is 5.95. The van der Waals surface area contributed by atoms with Crippen molar-refractivity contribution >= 4 is 16.5 Å². The second-order valence-corrected chi connectivity index (χ2v) is 8.04. The predicted octanol–water partition coefficient (Wildman–Crippen LogP) is 4.49. The van der Waals surface area contributed by atoms with Gasteiger partial charge in [-0.25, -0.2) is 0 Å². The van der Waals surface area contributed by atoms with Crippen molar-refractivity contribution in [3.05, 3.63) is 48.0 Å². The number of hydrogen-bond donors (Lipinski definition) is 0. The summed E-state index contributed by atoms with van der Waals surface area (Å²) in [5.41, 5.74) is 0.880. The SMILES string of the molecule is CC1CC1c1ccc(CN(c2nnc(-c3ccccn3)s2)C2CC2)o1. The highest BCUT2D eigenvalue weighted by atomic mass is 32.1. The van der Waals surface area contributed by atoms with Crippen LogP contribution in [-0.2, 0) is 6.54 Å². The molecule has 2 aliphatic rings. The van der Waals surface area contributed by atoms with Crippen LogP contribution in [0.4, 0.5) is 5.13 Å². The zero-order valence-corrected chi connectivity index (χ0v) is 14.9. The zero-order valence-electron chi connectivity index (χ0n) is 14.1. The number of aromatic nitrogens is 3. The van der Waals surface area contributed by atoms with E-state index in [1.165, 1.54) is 19.3 Å². The zero-order chi connectivity index (χ0) is 16.8. The molecule has 2 fully saturated rings. The third-order valence-corrected chi connectivity index (χ3v) is 6.00. The van der Waals surface area contributed by atoms with Gasteiger partial charge in [0, 0.05) is 18.2 Å². The minimum atomic E-state index is 0.554. The van der Waals surface area contributed by atoms with E-state index in [1.54, 1.807) is 17.5 Å². The number of furan rings is 1. The summed E-state index contributed by atoms with van der Waals surface area (Å²) in [6.07, 6.45) is 5.47. The summed E-state index contributed by atoms with van der Waals surface area (Å²) in [5, 5.41) is 10.6. The van der Waals surface area contributed by atoms with E-state index in [9.17, 15) is 0 Å². The van der Waals surface area contributed by atoms with Crippen LogP contribution in [0.15, 0.2) is 40.9 Å². The Morgan fingerprint density at radius 3 is 2.80 bits per heavy atom. The van der Waals surface area contributed by atoms with Gasteiger partial charge in [0.25, 0.3) is 0 Å². The molecular weight excluding hydrogens is 332 g/mol. The van der Waals surface area contributed by atoms with E-state index < -0.39 is 0 Å². The molecule has 0 radical (unpaired) electrons. The average Bonchev–Trinajstić information content (AvgIpc) is 3.50. The predicted molar refractivity (Wildman–Crippen MR) is 97.6 cm³/mol. The van der Waals surface area contributed by atoms with Gasteiger partial charge < -0.3 is 9.32 Å². The van der Waals surface area contributed by atoms with Crippen LogP contribution >= 0.6 is 11.3 Å². The lowest BCUT2D eigenvalue weighted by Gasteiger charge is -2.19. The normalized spacial score (nSPS) is 22.1. The highest BCUT2D eigenvalue weighted by molar-refractivity contribution is 7.18. The van der Waals surface area contributed by atoms with Crippen LogP contribution in [0.2, 0.25) is 0 Å². The Bertz CT molecular complexity index is 870. The maximum Gasteiger partial charge on any atom is 0.209 e. The third kappa shape index (κ3) is 3.06. The monoisotopic (exact) mass is 352 g/mol. The molecule has 0 spiro atoms. The van der Waals surface area contributed by atoms with Gasteiger partial charge in [-0.05, 0) is 49.4 Å². The minimum Gasteiger partial charge on any atom is -0.464 e. The summed E-state index contributed by atoms with van der Waals surface area (Å²) in [6, 6.07) is 10.7. The van der Waals surface area contributed by atoms with Crippen molar-refractivity contribution in [2.45, 2.75) is 44.7 Å². The van der Waals surface area contributed by atoms with Crippen LogP contribution in [0.5, 0.6) is 0 Å². The first-order valence-electron chi connectivity index (χ1n) is 8.88. The Labute approximate surface area is 150 Å². The van der Waals surface area contributed by atoms with E-state index in [1.807, 2.05) is 18.2 Å². The molecule has 5 nitrogen and oxygen atoms in total. The van der Waals surface area contributed by atoms with E-state index >= 15 is 0 Å². The number of pyridine rings is 1. The van der Waals surface area contributed by atoms with Crippen LogP contribution in [0.1, 0.15) is 43.6 Å². The average molecular weight is 352 g/mol. The molecule has 3 aromatic rings.